The molecule has 0 aromatic heterocycles. The quantitative estimate of drug-likeness (QED) is 0.923. The normalized spacial score (nSPS) is 18.8. The van der Waals surface area contributed by atoms with Crippen LogP contribution in [0, 0.1) is 0 Å². The molecule has 6 heteroatoms. The molecule has 0 aliphatic carbocycles. The van der Waals surface area contributed by atoms with Crippen LogP contribution >= 0.6 is 0 Å². The lowest BCUT2D eigenvalue weighted by Crippen LogP contribution is -2.53. The Morgan fingerprint density at radius 2 is 1.96 bits per heavy atom. The Kier molecular flexibility index (Phi) is 4.91. The second-order valence-electron chi connectivity index (χ2n) is 6.13. The van der Waals surface area contributed by atoms with Gasteiger partial charge in [-0.15, -0.1) is 0 Å². The van der Waals surface area contributed by atoms with E-state index in [9.17, 15) is 4.79 Å². The number of ether oxygens (including phenoxy) is 2. The van der Waals surface area contributed by atoms with Gasteiger partial charge in [0, 0.05) is 38.8 Å². The molecule has 1 saturated heterocycles. The molecule has 1 atom stereocenters. The van der Waals surface area contributed by atoms with Crippen LogP contribution in [0.3, 0.4) is 0 Å². The Morgan fingerprint density at radius 1 is 1.22 bits per heavy atom. The second kappa shape index (κ2) is 7.08. The van der Waals surface area contributed by atoms with Crippen LogP contribution < -0.4 is 14.8 Å². The Bertz CT molecular complexity index is 556. The van der Waals surface area contributed by atoms with Gasteiger partial charge in [-0.05, 0) is 31.0 Å². The van der Waals surface area contributed by atoms with Crippen molar-refractivity contribution in [1.29, 1.82) is 0 Å². The summed E-state index contributed by atoms with van der Waals surface area (Å²) in [5.41, 5.74) is 1.01. The van der Waals surface area contributed by atoms with Crippen LogP contribution in [0.15, 0.2) is 18.2 Å². The number of amides is 2. The first kappa shape index (κ1) is 15.9. The van der Waals surface area contributed by atoms with Crippen LogP contribution in [-0.2, 0) is 6.54 Å². The van der Waals surface area contributed by atoms with E-state index in [2.05, 4.69) is 24.1 Å². The predicted octanol–water partition coefficient (Wildman–Crippen LogP) is 2.04. The van der Waals surface area contributed by atoms with Gasteiger partial charge in [0.2, 0.25) is 6.79 Å². The number of piperazine rings is 1. The highest BCUT2D eigenvalue weighted by atomic mass is 16.7. The van der Waals surface area contributed by atoms with Crippen molar-refractivity contribution in [3.63, 3.8) is 0 Å². The third-order valence-corrected chi connectivity index (χ3v) is 4.70. The highest BCUT2D eigenvalue weighted by Gasteiger charge is 2.23. The summed E-state index contributed by atoms with van der Waals surface area (Å²) in [5.74, 6) is 1.51. The maximum atomic E-state index is 12.3. The molecule has 1 aromatic rings. The zero-order chi connectivity index (χ0) is 16.2. The minimum atomic E-state index is 0.00599. The number of hydrogen-bond donors (Lipinski definition) is 1. The number of nitrogens with zero attached hydrogens (tertiary/aromatic N) is 2. The first-order valence-electron chi connectivity index (χ1n) is 8.32. The highest BCUT2D eigenvalue weighted by molar-refractivity contribution is 5.74. The number of fused-ring (bicyclic) bond motifs is 1. The molecule has 2 heterocycles. The van der Waals surface area contributed by atoms with Gasteiger partial charge in [0.15, 0.2) is 11.5 Å². The second-order valence-corrected chi connectivity index (χ2v) is 6.13. The molecule has 126 valence electrons. The average molecular weight is 319 g/mol. The van der Waals surface area contributed by atoms with E-state index in [1.54, 1.807) is 0 Å². The van der Waals surface area contributed by atoms with E-state index in [0.717, 1.165) is 49.7 Å². The number of benzene rings is 1. The summed E-state index contributed by atoms with van der Waals surface area (Å²) in [5, 5.41) is 2.99. The summed E-state index contributed by atoms with van der Waals surface area (Å²) in [6.45, 7) is 8.70. The van der Waals surface area contributed by atoms with Crippen molar-refractivity contribution in [2.75, 3.05) is 33.0 Å². The Morgan fingerprint density at radius 3 is 2.70 bits per heavy atom. The largest absolute Gasteiger partial charge is 0.454 e. The molecule has 2 aliphatic rings. The molecule has 2 aliphatic heterocycles. The van der Waals surface area contributed by atoms with Gasteiger partial charge in [0.1, 0.15) is 0 Å². The fourth-order valence-corrected chi connectivity index (χ4v) is 2.96. The number of nitrogens with one attached hydrogen (secondary N) is 1. The van der Waals surface area contributed by atoms with Crippen LogP contribution in [0.1, 0.15) is 25.8 Å². The van der Waals surface area contributed by atoms with Gasteiger partial charge in [-0.1, -0.05) is 13.0 Å². The lowest BCUT2D eigenvalue weighted by atomic mass is 10.2. The zero-order valence-corrected chi connectivity index (χ0v) is 13.9. The summed E-state index contributed by atoms with van der Waals surface area (Å²) in [6.07, 6.45) is 1.15. The number of rotatable bonds is 4. The Balaban J connectivity index is 1.47. The first-order chi connectivity index (χ1) is 11.2. The number of carbonyl (C=O) groups excluding carboxylic acids is 1. The van der Waals surface area contributed by atoms with Gasteiger partial charge in [-0.25, -0.2) is 4.79 Å². The van der Waals surface area contributed by atoms with Crippen LogP contribution in [0.4, 0.5) is 4.79 Å². The maximum Gasteiger partial charge on any atom is 0.317 e. The molecular formula is C17H25N3O3. The molecule has 0 radical (unpaired) electrons. The molecule has 0 bridgehead atoms. The highest BCUT2D eigenvalue weighted by Crippen LogP contribution is 2.32. The summed E-state index contributed by atoms with van der Waals surface area (Å²) in [4.78, 5) is 16.6. The van der Waals surface area contributed by atoms with Crippen molar-refractivity contribution in [3.05, 3.63) is 23.8 Å². The summed E-state index contributed by atoms with van der Waals surface area (Å²) < 4.78 is 10.6. The van der Waals surface area contributed by atoms with Crippen molar-refractivity contribution in [1.82, 2.24) is 15.1 Å². The van der Waals surface area contributed by atoms with E-state index in [-0.39, 0.29) is 12.8 Å². The minimum absolute atomic E-state index is 0.00599. The fraction of sp³-hybridized carbons (Fsp3) is 0.588. The summed E-state index contributed by atoms with van der Waals surface area (Å²) >= 11 is 0. The summed E-state index contributed by atoms with van der Waals surface area (Å²) in [6, 6.07) is 6.35. The third kappa shape index (κ3) is 3.69. The third-order valence-electron chi connectivity index (χ3n) is 4.70. The molecule has 1 N–H and O–H groups in total. The van der Waals surface area contributed by atoms with Crippen LogP contribution in [0.2, 0.25) is 0 Å². The van der Waals surface area contributed by atoms with E-state index < -0.39 is 0 Å². The molecule has 1 aromatic carbocycles. The lowest BCUT2D eigenvalue weighted by molar-refractivity contribution is 0.112. The Hall–Kier alpha value is -1.95. The van der Waals surface area contributed by atoms with Gasteiger partial charge in [0.25, 0.3) is 0 Å². The molecule has 6 nitrogen and oxygen atoms in total. The van der Waals surface area contributed by atoms with E-state index in [1.807, 2.05) is 23.1 Å². The smallest absolute Gasteiger partial charge is 0.317 e. The van der Waals surface area contributed by atoms with Gasteiger partial charge in [0.05, 0.1) is 0 Å². The molecule has 0 spiro atoms. The van der Waals surface area contributed by atoms with Crippen molar-refractivity contribution < 1.29 is 14.3 Å². The fourth-order valence-electron chi connectivity index (χ4n) is 2.96. The number of urea groups is 1. The maximum absolute atomic E-state index is 12.3. The van der Waals surface area contributed by atoms with Crippen LogP contribution in [0.25, 0.3) is 0 Å². The summed E-state index contributed by atoms with van der Waals surface area (Å²) in [7, 11) is 0. The van der Waals surface area contributed by atoms with E-state index in [0.29, 0.717) is 12.6 Å². The van der Waals surface area contributed by atoms with Gasteiger partial charge >= 0.3 is 6.03 Å². The minimum Gasteiger partial charge on any atom is -0.454 e. The van der Waals surface area contributed by atoms with Gasteiger partial charge in [-0.3, -0.25) is 4.90 Å². The van der Waals surface area contributed by atoms with Gasteiger partial charge in [-0.2, -0.15) is 0 Å². The molecule has 0 saturated carbocycles. The van der Waals surface area contributed by atoms with E-state index in [1.165, 1.54) is 0 Å². The number of hydrogen-bond acceptors (Lipinski definition) is 4. The van der Waals surface area contributed by atoms with Crippen molar-refractivity contribution in [2.45, 2.75) is 32.9 Å². The molecule has 2 amide bonds. The predicted molar refractivity (Wildman–Crippen MR) is 87.7 cm³/mol. The van der Waals surface area contributed by atoms with Crippen LogP contribution in [-0.4, -0.2) is 54.8 Å². The first-order valence-corrected chi connectivity index (χ1v) is 8.32. The molecule has 23 heavy (non-hydrogen) atoms. The molecular weight excluding hydrogens is 294 g/mol. The molecule has 1 fully saturated rings. The zero-order valence-electron chi connectivity index (χ0n) is 13.9. The van der Waals surface area contributed by atoms with E-state index in [4.69, 9.17) is 9.47 Å². The Labute approximate surface area is 137 Å². The molecule has 3 rings (SSSR count). The van der Waals surface area contributed by atoms with Crippen molar-refractivity contribution in [3.8, 4) is 11.5 Å². The SMILES string of the molecule is CCC(C)N1CCN(C(=O)NCc2ccc3c(c2)OCO3)CC1. The van der Waals surface area contributed by atoms with E-state index >= 15 is 0 Å². The molecule has 1 unspecified atom stereocenters. The van der Waals surface area contributed by atoms with Crippen molar-refractivity contribution >= 4 is 6.03 Å². The van der Waals surface area contributed by atoms with Crippen LogP contribution in [0.5, 0.6) is 11.5 Å². The lowest BCUT2D eigenvalue weighted by Gasteiger charge is -2.37. The standard InChI is InChI=1S/C17H25N3O3/c1-3-13(2)19-6-8-20(9-7-19)17(21)18-11-14-4-5-15-16(10-14)23-12-22-15/h4-5,10,13H,3,6-9,11-12H2,1-2H3,(H,18,21). The van der Waals surface area contributed by atoms with Gasteiger partial charge < -0.3 is 19.7 Å². The average Bonchev–Trinajstić information content (AvgIpc) is 3.06. The monoisotopic (exact) mass is 319 g/mol. The topological polar surface area (TPSA) is 54.0 Å². The van der Waals surface area contributed by atoms with Crippen molar-refractivity contribution in [2.24, 2.45) is 0 Å². The number of carbonyl (C=O) groups is 1.